The number of phenolic OH excluding ortho intramolecular Hbond substituents is 1. The Hall–Kier alpha value is -4.03. The number of carbonyl (C=O) groups excluding carboxylic acids is 4. The van der Waals surface area contributed by atoms with E-state index in [1.165, 1.54) is 26.0 Å². The van der Waals surface area contributed by atoms with Crippen molar-refractivity contribution in [1.29, 1.82) is 0 Å². The molecule has 0 saturated carbocycles. The van der Waals surface area contributed by atoms with Gasteiger partial charge in [0.15, 0.2) is 5.60 Å². The maximum Gasteiger partial charge on any atom is 0.410 e. The van der Waals surface area contributed by atoms with Crippen molar-refractivity contribution in [2.45, 2.75) is 115 Å². The molecule has 0 bridgehead atoms. The van der Waals surface area contributed by atoms with Crippen molar-refractivity contribution in [3.8, 4) is 5.75 Å². The molecule has 0 aliphatic carbocycles. The van der Waals surface area contributed by atoms with Gasteiger partial charge < -0.3 is 55.4 Å². The van der Waals surface area contributed by atoms with Crippen molar-refractivity contribution in [3.63, 3.8) is 0 Å². The maximum atomic E-state index is 13.1. The summed E-state index contributed by atoms with van der Waals surface area (Å²) in [5.41, 5.74) is -2.42. The van der Waals surface area contributed by atoms with Crippen molar-refractivity contribution in [2.24, 2.45) is 0 Å². The summed E-state index contributed by atoms with van der Waals surface area (Å²) in [7, 11) is 0. The van der Waals surface area contributed by atoms with Crippen molar-refractivity contribution in [3.05, 3.63) is 28.8 Å². The number of piperazine rings is 1. The molecule has 7 atom stereocenters. The number of carbonyl (C=O) groups is 5. The fourth-order valence-corrected chi connectivity index (χ4v) is 7.56. The van der Waals surface area contributed by atoms with Crippen LogP contribution in [-0.4, -0.2) is 163 Å². The number of phenols is 1. The number of aliphatic hydroxyl groups excluding tert-OH is 3. The summed E-state index contributed by atoms with van der Waals surface area (Å²) in [5.74, 6) is -2.74. The van der Waals surface area contributed by atoms with Gasteiger partial charge in [0.1, 0.15) is 23.6 Å². The van der Waals surface area contributed by atoms with Gasteiger partial charge in [0.25, 0.3) is 5.91 Å². The number of likely N-dealkylation sites (tertiary alicyclic amines) is 1. The van der Waals surface area contributed by atoms with Gasteiger partial charge >= 0.3 is 12.1 Å². The summed E-state index contributed by atoms with van der Waals surface area (Å²) in [5, 5.41) is 59.4. The number of nitrogens with one attached hydrogen (secondary N) is 2. The number of hydrogen-bond donors (Lipinski definition) is 7. The summed E-state index contributed by atoms with van der Waals surface area (Å²) in [4.78, 5) is 68.9. The van der Waals surface area contributed by atoms with Gasteiger partial charge in [-0.25, -0.2) is 9.59 Å². The highest BCUT2D eigenvalue weighted by Crippen LogP contribution is 2.38. The number of carboxylic acid groups (broad SMARTS) is 1. The van der Waals surface area contributed by atoms with Crippen LogP contribution >= 0.6 is 0 Å². The van der Waals surface area contributed by atoms with Crippen molar-refractivity contribution >= 4 is 29.8 Å². The molecule has 296 valence electrons. The van der Waals surface area contributed by atoms with Gasteiger partial charge in [0.2, 0.25) is 11.8 Å². The predicted octanol–water partition coefficient (Wildman–Crippen LogP) is -0.128. The first-order valence-electron chi connectivity index (χ1n) is 17.9. The molecule has 1 spiro atoms. The van der Waals surface area contributed by atoms with E-state index in [1.54, 1.807) is 44.4 Å². The lowest BCUT2D eigenvalue weighted by Crippen LogP contribution is -2.69. The molecule has 0 aromatic heterocycles. The Morgan fingerprint density at radius 2 is 1.64 bits per heavy atom. The van der Waals surface area contributed by atoms with Crippen molar-refractivity contribution in [2.75, 3.05) is 45.8 Å². The van der Waals surface area contributed by atoms with Gasteiger partial charge in [0, 0.05) is 78.1 Å². The molecule has 7 N–H and O–H groups in total. The molecule has 0 unspecified atom stereocenters. The van der Waals surface area contributed by atoms with Crippen LogP contribution in [-0.2, 0) is 23.9 Å². The molecule has 17 heteroatoms. The number of carboxylic acids is 1. The molecule has 1 aromatic carbocycles. The minimum Gasteiger partial charge on any atom is -0.507 e. The number of rotatable bonds is 10. The molecule has 3 heterocycles. The third-order valence-electron chi connectivity index (χ3n) is 10.4. The summed E-state index contributed by atoms with van der Waals surface area (Å²) in [6.07, 6.45) is -7.44. The number of hydrogen-bond acceptors (Lipinski definition) is 12. The second kappa shape index (κ2) is 16.1. The fraction of sp³-hybridized carbons (Fsp3) is 0.694. The summed E-state index contributed by atoms with van der Waals surface area (Å²) >= 11 is 0. The normalized spacial score (nSPS) is 27.6. The van der Waals surface area contributed by atoms with E-state index in [2.05, 4.69) is 10.6 Å². The van der Waals surface area contributed by atoms with E-state index < -0.39 is 84.0 Å². The Kier molecular flexibility index (Phi) is 12.7. The standard InChI is InChI=1S/C36H55N5O12/c1-20-14-24(15-21(2)28(20)46)31(48)37-17-26(45)29(47)30-27(38-22(3)42)25(44)16-36(52-30,32(49)50)9-11-41-13-12-39(23(4)43)18-35(41)8-10-40(19-35)33(51)53-34(5,6)7/h14-15,25-27,29-30,44-47H,8-13,16-19H2,1-7H3,(H,37,48)(H,38,42)(H,49,50)/t25-,26+,27+,29+,30+,35+,36+/m0/s1. The molecule has 4 rings (SSSR count). The van der Waals surface area contributed by atoms with Crippen LogP contribution in [0.3, 0.4) is 0 Å². The van der Waals surface area contributed by atoms with E-state index in [0.717, 1.165) is 0 Å². The van der Waals surface area contributed by atoms with Crippen LogP contribution in [0.2, 0.25) is 0 Å². The average Bonchev–Trinajstić information content (AvgIpc) is 3.49. The van der Waals surface area contributed by atoms with Gasteiger partial charge in [-0.2, -0.15) is 0 Å². The maximum absolute atomic E-state index is 13.1. The number of benzene rings is 1. The summed E-state index contributed by atoms with van der Waals surface area (Å²) in [6, 6.07) is 1.60. The molecular formula is C36H55N5O12. The van der Waals surface area contributed by atoms with Crippen LogP contribution in [0.15, 0.2) is 12.1 Å². The summed E-state index contributed by atoms with van der Waals surface area (Å²) < 4.78 is 11.7. The SMILES string of the molecule is CC(=O)N[C@H]1[C@H]([C@H](O)[C@H](O)CNC(=O)c2cc(C)c(O)c(C)c2)O[C@@](CCN2CCN(C(C)=O)C[C@@]23CCN(C(=O)OC(C)(C)C)C3)(C(=O)O)C[C@@H]1O. The van der Waals surface area contributed by atoms with Crippen LogP contribution in [0, 0.1) is 13.8 Å². The molecule has 0 radical (unpaired) electrons. The minimum absolute atomic E-state index is 0.0374. The van der Waals surface area contributed by atoms with Crippen molar-refractivity contribution < 1.29 is 59.0 Å². The monoisotopic (exact) mass is 749 g/mol. The molecule has 3 aliphatic heterocycles. The molecule has 3 aliphatic rings. The average molecular weight is 750 g/mol. The molecule has 53 heavy (non-hydrogen) atoms. The van der Waals surface area contributed by atoms with E-state index in [1.807, 2.05) is 4.90 Å². The number of nitrogens with zero attached hydrogens (tertiary/aromatic N) is 3. The number of amides is 4. The minimum atomic E-state index is -2.09. The lowest BCUT2D eigenvalue weighted by Gasteiger charge is -2.51. The Bertz CT molecular complexity index is 1540. The van der Waals surface area contributed by atoms with E-state index in [0.29, 0.717) is 43.7 Å². The van der Waals surface area contributed by atoms with Crippen LogP contribution < -0.4 is 10.6 Å². The van der Waals surface area contributed by atoms with E-state index in [4.69, 9.17) is 9.47 Å². The lowest BCUT2D eigenvalue weighted by molar-refractivity contribution is -0.230. The summed E-state index contributed by atoms with van der Waals surface area (Å²) in [6.45, 7) is 12.4. The number of aliphatic carboxylic acids is 1. The van der Waals surface area contributed by atoms with Crippen molar-refractivity contribution in [1.82, 2.24) is 25.3 Å². The zero-order chi connectivity index (χ0) is 39.6. The van der Waals surface area contributed by atoms with Gasteiger partial charge in [0.05, 0.1) is 23.8 Å². The van der Waals surface area contributed by atoms with Crippen LogP contribution in [0.5, 0.6) is 5.75 Å². The highest BCUT2D eigenvalue weighted by molar-refractivity contribution is 5.95. The highest BCUT2D eigenvalue weighted by Gasteiger charge is 2.56. The Balaban J connectivity index is 1.55. The molecule has 17 nitrogen and oxygen atoms in total. The van der Waals surface area contributed by atoms with Crippen LogP contribution in [0.25, 0.3) is 0 Å². The van der Waals surface area contributed by atoms with Crippen LogP contribution in [0.4, 0.5) is 4.79 Å². The van der Waals surface area contributed by atoms with Gasteiger partial charge in [-0.3, -0.25) is 19.3 Å². The third kappa shape index (κ3) is 9.56. The first-order valence-corrected chi connectivity index (χ1v) is 17.9. The van der Waals surface area contributed by atoms with Gasteiger partial charge in [-0.05, 0) is 64.3 Å². The topological polar surface area (TPSA) is 239 Å². The predicted molar refractivity (Wildman–Crippen MR) is 189 cm³/mol. The lowest BCUT2D eigenvalue weighted by atomic mass is 9.81. The number of aryl methyl sites for hydroxylation is 2. The third-order valence-corrected chi connectivity index (χ3v) is 10.4. The quantitative estimate of drug-likeness (QED) is 0.165. The molecular weight excluding hydrogens is 694 g/mol. The molecule has 4 amide bonds. The number of ether oxygens (including phenoxy) is 2. The Morgan fingerprint density at radius 3 is 2.21 bits per heavy atom. The number of aliphatic hydroxyl groups is 3. The van der Waals surface area contributed by atoms with Crippen LogP contribution in [0.1, 0.15) is 75.4 Å². The fourth-order valence-electron chi connectivity index (χ4n) is 7.56. The van der Waals surface area contributed by atoms with Gasteiger partial charge in [-0.15, -0.1) is 0 Å². The van der Waals surface area contributed by atoms with E-state index in [-0.39, 0.29) is 36.7 Å². The number of aromatic hydroxyl groups is 1. The van der Waals surface area contributed by atoms with E-state index in [9.17, 15) is 49.5 Å². The highest BCUT2D eigenvalue weighted by atomic mass is 16.6. The first kappa shape index (κ1) is 41.7. The Labute approximate surface area is 309 Å². The Morgan fingerprint density at radius 1 is 1.02 bits per heavy atom. The second-order valence-corrected chi connectivity index (χ2v) is 15.7. The smallest absolute Gasteiger partial charge is 0.410 e. The van der Waals surface area contributed by atoms with E-state index >= 15 is 0 Å². The zero-order valence-electron chi connectivity index (χ0n) is 31.5. The second-order valence-electron chi connectivity index (χ2n) is 15.7. The largest absolute Gasteiger partial charge is 0.507 e. The zero-order valence-corrected chi connectivity index (χ0v) is 31.5. The van der Waals surface area contributed by atoms with Gasteiger partial charge in [-0.1, -0.05) is 0 Å². The first-order chi connectivity index (χ1) is 24.6. The molecule has 3 saturated heterocycles. The molecule has 1 aromatic rings. The molecule has 3 fully saturated rings.